The highest BCUT2D eigenvalue weighted by molar-refractivity contribution is 7.89. The molecule has 0 fully saturated rings. The number of benzene rings is 2. The van der Waals surface area contributed by atoms with Crippen molar-refractivity contribution in [3.63, 3.8) is 0 Å². The van der Waals surface area contributed by atoms with Crippen molar-refractivity contribution >= 4 is 10.0 Å². The molecule has 126 valence electrons. The Kier molecular flexibility index (Phi) is 4.06. The van der Waals surface area contributed by atoms with E-state index in [2.05, 4.69) is 4.72 Å². The highest BCUT2D eigenvalue weighted by Gasteiger charge is 2.26. The molecule has 1 heterocycles. The Morgan fingerprint density at radius 3 is 2.62 bits per heavy atom. The third kappa shape index (κ3) is 3.06. The molecule has 4 nitrogen and oxygen atoms in total. The molecule has 24 heavy (non-hydrogen) atoms. The van der Waals surface area contributed by atoms with Gasteiger partial charge in [-0.2, -0.15) is 0 Å². The summed E-state index contributed by atoms with van der Waals surface area (Å²) in [6.45, 7) is 0.362. The minimum Gasteiger partial charge on any atom is -0.492 e. The third-order valence-electron chi connectivity index (χ3n) is 4.83. The summed E-state index contributed by atoms with van der Waals surface area (Å²) in [6.07, 6.45) is 5.00. The maximum Gasteiger partial charge on any atom is 0.240 e. The molecule has 5 heteroatoms. The Labute approximate surface area is 142 Å². The van der Waals surface area contributed by atoms with Gasteiger partial charge >= 0.3 is 0 Å². The van der Waals surface area contributed by atoms with Crippen LogP contribution in [0.25, 0.3) is 0 Å². The maximum absolute atomic E-state index is 12.7. The molecule has 1 aliphatic carbocycles. The van der Waals surface area contributed by atoms with E-state index in [0.29, 0.717) is 17.9 Å². The van der Waals surface area contributed by atoms with Crippen LogP contribution in [-0.2, 0) is 29.3 Å². The summed E-state index contributed by atoms with van der Waals surface area (Å²) < 4.78 is 34.0. The van der Waals surface area contributed by atoms with Crippen LogP contribution < -0.4 is 9.46 Å². The van der Waals surface area contributed by atoms with Crippen LogP contribution in [0.2, 0.25) is 0 Å². The zero-order valence-electron chi connectivity index (χ0n) is 13.5. The predicted octanol–water partition coefficient (Wildman–Crippen LogP) is 2.85. The molecule has 2 aromatic carbocycles. The van der Waals surface area contributed by atoms with Crippen molar-refractivity contribution < 1.29 is 13.2 Å². The van der Waals surface area contributed by atoms with Gasteiger partial charge in [-0.3, -0.25) is 0 Å². The SMILES string of the molecule is O=S(=O)(N[C@@H]1COc2ccccc2C1)c1ccc2c(c1)CCCC2. The fourth-order valence-corrected chi connectivity index (χ4v) is 4.84. The van der Waals surface area contributed by atoms with Gasteiger partial charge in [-0.05, 0) is 67.0 Å². The molecule has 1 N–H and O–H groups in total. The van der Waals surface area contributed by atoms with E-state index < -0.39 is 10.0 Å². The predicted molar refractivity (Wildman–Crippen MR) is 92.8 cm³/mol. The number of rotatable bonds is 3. The van der Waals surface area contributed by atoms with E-state index in [1.807, 2.05) is 36.4 Å². The summed E-state index contributed by atoms with van der Waals surface area (Å²) in [4.78, 5) is 0.363. The van der Waals surface area contributed by atoms with Gasteiger partial charge < -0.3 is 4.74 Å². The largest absolute Gasteiger partial charge is 0.492 e. The first-order valence-electron chi connectivity index (χ1n) is 8.47. The topological polar surface area (TPSA) is 55.4 Å². The number of aryl methyl sites for hydroxylation is 2. The maximum atomic E-state index is 12.7. The van der Waals surface area contributed by atoms with E-state index in [9.17, 15) is 8.42 Å². The van der Waals surface area contributed by atoms with Crippen LogP contribution >= 0.6 is 0 Å². The molecule has 1 atom stereocenters. The summed E-state index contributed by atoms with van der Waals surface area (Å²) in [5, 5.41) is 0. The minimum absolute atomic E-state index is 0.235. The molecule has 0 radical (unpaired) electrons. The van der Waals surface area contributed by atoms with Gasteiger partial charge in [-0.25, -0.2) is 13.1 Å². The lowest BCUT2D eigenvalue weighted by molar-refractivity contribution is 0.254. The highest BCUT2D eigenvalue weighted by atomic mass is 32.2. The van der Waals surface area contributed by atoms with Gasteiger partial charge in [0.15, 0.2) is 0 Å². The monoisotopic (exact) mass is 343 g/mol. The second kappa shape index (κ2) is 6.22. The second-order valence-corrected chi connectivity index (χ2v) is 8.29. The average molecular weight is 343 g/mol. The van der Waals surface area contributed by atoms with E-state index in [0.717, 1.165) is 30.6 Å². The fourth-order valence-electron chi connectivity index (χ4n) is 3.57. The molecule has 0 amide bonds. The average Bonchev–Trinajstić information content (AvgIpc) is 2.61. The lowest BCUT2D eigenvalue weighted by atomic mass is 9.92. The third-order valence-corrected chi connectivity index (χ3v) is 6.35. The molecule has 0 bridgehead atoms. The molecule has 4 rings (SSSR count). The molecular weight excluding hydrogens is 322 g/mol. The highest BCUT2D eigenvalue weighted by Crippen LogP contribution is 2.26. The van der Waals surface area contributed by atoms with Crippen LogP contribution in [0, 0.1) is 0 Å². The van der Waals surface area contributed by atoms with Gasteiger partial charge in [0.25, 0.3) is 0 Å². The molecule has 0 spiro atoms. The number of hydrogen-bond acceptors (Lipinski definition) is 3. The van der Waals surface area contributed by atoms with Gasteiger partial charge in [0, 0.05) is 0 Å². The normalized spacial score (nSPS) is 19.9. The summed E-state index contributed by atoms with van der Waals surface area (Å²) in [7, 11) is -3.53. The van der Waals surface area contributed by atoms with Gasteiger partial charge in [0.2, 0.25) is 10.0 Å². The zero-order valence-corrected chi connectivity index (χ0v) is 14.3. The van der Waals surface area contributed by atoms with Crippen molar-refractivity contribution in [3.05, 3.63) is 59.2 Å². The van der Waals surface area contributed by atoms with Crippen LogP contribution in [0.15, 0.2) is 47.4 Å². The number of ether oxygens (including phenoxy) is 1. The van der Waals surface area contributed by atoms with Crippen molar-refractivity contribution in [2.45, 2.75) is 43.0 Å². The van der Waals surface area contributed by atoms with Gasteiger partial charge in [-0.1, -0.05) is 24.3 Å². The van der Waals surface area contributed by atoms with Crippen molar-refractivity contribution in [3.8, 4) is 5.75 Å². The summed E-state index contributed by atoms with van der Waals surface area (Å²) >= 11 is 0. The van der Waals surface area contributed by atoms with Crippen LogP contribution in [-0.4, -0.2) is 21.1 Å². The second-order valence-electron chi connectivity index (χ2n) is 6.58. The van der Waals surface area contributed by atoms with Crippen molar-refractivity contribution in [2.75, 3.05) is 6.61 Å². The molecule has 2 aliphatic rings. The summed E-state index contributed by atoms with van der Waals surface area (Å²) in [5.74, 6) is 0.849. The molecular formula is C19H21NO3S. The first kappa shape index (κ1) is 15.7. The summed E-state index contributed by atoms with van der Waals surface area (Å²) in [5.41, 5.74) is 3.51. The van der Waals surface area contributed by atoms with Crippen LogP contribution in [0.3, 0.4) is 0 Å². The fraction of sp³-hybridized carbons (Fsp3) is 0.368. The zero-order chi connectivity index (χ0) is 16.6. The van der Waals surface area contributed by atoms with Crippen molar-refractivity contribution in [2.24, 2.45) is 0 Å². The molecule has 0 saturated carbocycles. The molecule has 0 unspecified atom stereocenters. The number of para-hydroxylation sites is 1. The molecule has 1 aliphatic heterocycles. The minimum atomic E-state index is -3.53. The molecule has 0 aromatic heterocycles. The van der Waals surface area contributed by atoms with Crippen LogP contribution in [0.4, 0.5) is 0 Å². The molecule has 0 saturated heterocycles. The smallest absolute Gasteiger partial charge is 0.240 e. The standard InChI is InChI=1S/C19H21NO3S/c21-24(22,18-10-9-14-5-1-2-6-15(14)12-18)20-17-11-16-7-3-4-8-19(16)23-13-17/h3-4,7-10,12,17,20H,1-2,5-6,11,13H2/t17-/m0/s1. The van der Waals surface area contributed by atoms with Crippen LogP contribution in [0.5, 0.6) is 5.75 Å². The lowest BCUT2D eigenvalue weighted by Crippen LogP contribution is -2.42. The van der Waals surface area contributed by atoms with E-state index in [1.165, 1.54) is 17.5 Å². The lowest BCUT2D eigenvalue weighted by Gasteiger charge is -2.26. The number of fused-ring (bicyclic) bond motifs is 2. The summed E-state index contributed by atoms with van der Waals surface area (Å²) in [6, 6.07) is 13.1. The van der Waals surface area contributed by atoms with Gasteiger partial charge in [0.05, 0.1) is 10.9 Å². The number of hydrogen-bond donors (Lipinski definition) is 1. The van der Waals surface area contributed by atoms with E-state index in [4.69, 9.17) is 4.74 Å². The quantitative estimate of drug-likeness (QED) is 0.932. The Morgan fingerprint density at radius 1 is 0.958 bits per heavy atom. The van der Waals surface area contributed by atoms with Crippen molar-refractivity contribution in [1.82, 2.24) is 4.72 Å². The van der Waals surface area contributed by atoms with Crippen molar-refractivity contribution in [1.29, 1.82) is 0 Å². The Balaban J connectivity index is 1.54. The van der Waals surface area contributed by atoms with E-state index in [-0.39, 0.29) is 6.04 Å². The van der Waals surface area contributed by atoms with Crippen LogP contribution in [0.1, 0.15) is 29.5 Å². The number of nitrogens with one attached hydrogen (secondary N) is 1. The Hall–Kier alpha value is -1.85. The first-order chi connectivity index (χ1) is 11.6. The van der Waals surface area contributed by atoms with E-state index >= 15 is 0 Å². The first-order valence-corrected chi connectivity index (χ1v) is 9.95. The van der Waals surface area contributed by atoms with Gasteiger partial charge in [-0.15, -0.1) is 0 Å². The number of sulfonamides is 1. The van der Waals surface area contributed by atoms with E-state index in [1.54, 1.807) is 6.07 Å². The Morgan fingerprint density at radius 2 is 1.75 bits per heavy atom. The van der Waals surface area contributed by atoms with Gasteiger partial charge in [0.1, 0.15) is 12.4 Å². The Bertz CT molecular complexity index is 861. The molecule has 2 aromatic rings.